The molecule has 0 spiro atoms. The summed E-state index contributed by atoms with van der Waals surface area (Å²) >= 11 is 1.41. The molecule has 2 aromatic carbocycles. The van der Waals surface area contributed by atoms with E-state index < -0.39 is 0 Å². The predicted molar refractivity (Wildman–Crippen MR) is 128 cm³/mol. The number of carbonyl (C=O) groups excluding carboxylic acids is 1. The van der Waals surface area contributed by atoms with E-state index in [9.17, 15) is 4.79 Å². The molecule has 2 aromatic heterocycles. The zero-order valence-electron chi connectivity index (χ0n) is 19.0. The zero-order valence-corrected chi connectivity index (χ0v) is 19.9. The van der Waals surface area contributed by atoms with Crippen molar-refractivity contribution in [3.8, 4) is 11.4 Å². The Morgan fingerprint density at radius 1 is 1.00 bits per heavy atom. The first-order valence-electron chi connectivity index (χ1n) is 11.0. The maximum Gasteiger partial charge on any atom is 0.204 e. The average Bonchev–Trinajstić information content (AvgIpc) is 3.45. The summed E-state index contributed by atoms with van der Waals surface area (Å²) in [6.07, 6.45) is 0.420. The van der Waals surface area contributed by atoms with Gasteiger partial charge in [-0.05, 0) is 29.2 Å². The molecule has 8 nitrogen and oxygen atoms in total. The maximum atomic E-state index is 12.5. The summed E-state index contributed by atoms with van der Waals surface area (Å²) in [6, 6.07) is 18.0. The summed E-state index contributed by atoms with van der Waals surface area (Å²) in [4.78, 5) is 14.0. The minimum absolute atomic E-state index is 0.162. The van der Waals surface area contributed by atoms with Crippen LogP contribution in [-0.2, 0) is 24.3 Å². The summed E-state index contributed by atoms with van der Waals surface area (Å²) in [5.74, 6) is 2.30. The molecule has 0 radical (unpaired) electrons. The topological polar surface area (TPSA) is 91.4 Å². The lowest BCUT2D eigenvalue weighted by Gasteiger charge is -2.08. The van der Waals surface area contributed by atoms with E-state index in [1.165, 1.54) is 22.1 Å². The van der Waals surface area contributed by atoms with E-state index in [1.807, 2.05) is 54.0 Å². The molecule has 0 amide bonds. The molecule has 0 N–H and O–H groups in total. The Labute approximate surface area is 197 Å². The van der Waals surface area contributed by atoms with Crippen LogP contribution in [0.2, 0.25) is 0 Å². The van der Waals surface area contributed by atoms with Gasteiger partial charge in [-0.15, -0.1) is 20.4 Å². The van der Waals surface area contributed by atoms with Crippen molar-refractivity contribution in [3.05, 3.63) is 71.5 Å². The maximum absolute atomic E-state index is 12.5. The molecule has 0 aliphatic rings. The van der Waals surface area contributed by atoms with Gasteiger partial charge in [-0.1, -0.05) is 80.2 Å². The lowest BCUT2D eigenvalue weighted by Crippen LogP contribution is -2.12. The second-order valence-corrected chi connectivity index (χ2v) is 9.00. The normalized spacial score (nSPS) is 11.3. The summed E-state index contributed by atoms with van der Waals surface area (Å²) < 4.78 is 1.99. The number of hydrogen-bond donors (Lipinski definition) is 0. The minimum Gasteiger partial charge on any atom is -0.305 e. The Balaban J connectivity index is 1.36. The molecule has 0 saturated carbocycles. The summed E-state index contributed by atoms with van der Waals surface area (Å²) in [5.41, 5.74) is 3.23. The summed E-state index contributed by atoms with van der Waals surface area (Å²) in [6.45, 7) is 7.40. The number of carbonyl (C=O) groups is 1. The monoisotopic (exact) mass is 461 g/mol. The molecule has 0 bridgehead atoms. The standard InChI is InChI=1S/C24H27N7OS/c1-4-30-22(15-31-28-23(26-29-31)20-8-6-5-7-9-20)25-27-24(30)33-16-21(32)14-18-10-12-19(13-11-18)17(2)3/h5-13,17H,4,14-16H2,1-3H3. The Bertz CT molecular complexity index is 1200. The molecule has 9 heteroatoms. The Morgan fingerprint density at radius 2 is 1.76 bits per heavy atom. The van der Waals surface area contributed by atoms with Crippen LogP contribution in [0.1, 0.15) is 43.6 Å². The van der Waals surface area contributed by atoms with E-state index in [0.717, 1.165) is 22.1 Å². The van der Waals surface area contributed by atoms with Crippen molar-refractivity contribution >= 4 is 17.5 Å². The molecule has 170 valence electrons. The van der Waals surface area contributed by atoms with Crippen molar-refractivity contribution in [2.75, 3.05) is 5.75 Å². The molecule has 0 fully saturated rings. The Morgan fingerprint density at radius 3 is 2.45 bits per heavy atom. The van der Waals surface area contributed by atoms with Gasteiger partial charge in [0.25, 0.3) is 0 Å². The molecule has 0 aliphatic heterocycles. The zero-order chi connectivity index (χ0) is 23.2. The number of aromatic nitrogens is 7. The number of nitrogens with zero attached hydrogens (tertiary/aromatic N) is 7. The van der Waals surface area contributed by atoms with E-state index in [2.05, 4.69) is 51.6 Å². The van der Waals surface area contributed by atoms with Crippen molar-refractivity contribution < 1.29 is 4.79 Å². The van der Waals surface area contributed by atoms with Crippen LogP contribution in [0.25, 0.3) is 11.4 Å². The number of hydrogen-bond acceptors (Lipinski definition) is 7. The lowest BCUT2D eigenvalue weighted by molar-refractivity contribution is -0.116. The number of thioether (sulfide) groups is 1. The highest BCUT2D eigenvalue weighted by Crippen LogP contribution is 2.20. The van der Waals surface area contributed by atoms with Crippen LogP contribution in [0, 0.1) is 0 Å². The number of benzene rings is 2. The first-order chi connectivity index (χ1) is 16.0. The van der Waals surface area contributed by atoms with Gasteiger partial charge < -0.3 is 4.57 Å². The number of rotatable bonds is 10. The van der Waals surface area contributed by atoms with Gasteiger partial charge in [0.15, 0.2) is 11.0 Å². The highest BCUT2D eigenvalue weighted by molar-refractivity contribution is 7.99. The third-order valence-electron chi connectivity index (χ3n) is 5.29. The average molecular weight is 462 g/mol. The molecule has 33 heavy (non-hydrogen) atoms. The molecular formula is C24H27N7OS. The summed E-state index contributed by atoms with van der Waals surface area (Å²) in [7, 11) is 0. The van der Waals surface area contributed by atoms with Gasteiger partial charge in [-0.3, -0.25) is 4.79 Å². The SMILES string of the molecule is CCn1c(Cn2nnc(-c3ccccc3)n2)nnc1SCC(=O)Cc1ccc(C(C)C)cc1. The lowest BCUT2D eigenvalue weighted by atomic mass is 10.0. The molecule has 2 heterocycles. The van der Waals surface area contributed by atoms with Crippen LogP contribution < -0.4 is 0 Å². The third-order valence-corrected chi connectivity index (χ3v) is 6.31. The first kappa shape index (κ1) is 22.8. The second-order valence-electron chi connectivity index (χ2n) is 8.05. The number of Topliss-reactive ketones (excluding diaryl/α,β-unsaturated/α-hetero) is 1. The van der Waals surface area contributed by atoms with Crippen LogP contribution in [-0.4, -0.2) is 46.5 Å². The van der Waals surface area contributed by atoms with Crippen LogP contribution in [0.15, 0.2) is 59.8 Å². The fourth-order valence-corrected chi connectivity index (χ4v) is 4.33. The van der Waals surface area contributed by atoms with Crippen molar-refractivity contribution in [1.29, 1.82) is 0 Å². The van der Waals surface area contributed by atoms with Gasteiger partial charge in [-0.25, -0.2) is 0 Å². The van der Waals surface area contributed by atoms with E-state index >= 15 is 0 Å². The number of ketones is 1. The molecule has 0 unspecified atom stereocenters. The van der Waals surface area contributed by atoms with E-state index in [1.54, 1.807) is 0 Å². The van der Waals surface area contributed by atoms with Gasteiger partial charge in [0, 0.05) is 18.5 Å². The van der Waals surface area contributed by atoms with Crippen molar-refractivity contribution in [2.24, 2.45) is 0 Å². The molecule has 4 rings (SSSR count). The molecule has 0 aliphatic carbocycles. The third kappa shape index (κ3) is 5.73. The van der Waals surface area contributed by atoms with Gasteiger partial charge in [0.2, 0.25) is 5.82 Å². The molecule has 4 aromatic rings. The minimum atomic E-state index is 0.162. The van der Waals surface area contributed by atoms with Gasteiger partial charge in [0.1, 0.15) is 12.3 Å². The second kappa shape index (κ2) is 10.5. The van der Waals surface area contributed by atoms with Gasteiger partial charge in [-0.2, -0.15) is 4.80 Å². The van der Waals surface area contributed by atoms with Crippen LogP contribution in [0.5, 0.6) is 0 Å². The van der Waals surface area contributed by atoms with E-state index in [4.69, 9.17) is 0 Å². The molecular weight excluding hydrogens is 434 g/mol. The molecule has 0 saturated heterocycles. The fourth-order valence-electron chi connectivity index (χ4n) is 3.44. The van der Waals surface area contributed by atoms with Crippen molar-refractivity contribution in [3.63, 3.8) is 0 Å². The van der Waals surface area contributed by atoms with Gasteiger partial charge in [0.05, 0.1) is 5.75 Å². The van der Waals surface area contributed by atoms with E-state index in [-0.39, 0.29) is 5.78 Å². The van der Waals surface area contributed by atoms with Crippen LogP contribution in [0.3, 0.4) is 0 Å². The Hall–Kier alpha value is -3.33. The quantitative estimate of drug-likeness (QED) is 0.329. The predicted octanol–water partition coefficient (Wildman–Crippen LogP) is 4.03. The van der Waals surface area contributed by atoms with E-state index in [0.29, 0.717) is 37.0 Å². The van der Waals surface area contributed by atoms with Crippen LogP contribution >= 0.6 is 11.8 Å². The highest BCUT2D eigenvalue weighted by Gasteiger charge is 2.15. The molecule has 0 atom stereocenters. The summed E-state index contributed by atoms with van der Waals surface area (Å²) in [5, 5.41) is 22.0. The van der Waals surface area contributed by atoms with Crippen molar-refractivity contribution in [1.82, 2.24) is 35.0 Å². The van der Waals surface area contributed by atoms with Crippen molar-refractivity contribution in [2.45, 2.75) is 51.4 Å². The van der Waals surface area contributed by atoms with Crippen LogP contribution in [0.4, 0.5) is 0 Å². The fraction of sp³-hybridized carbons (Fsp3) is 0.333. The first-order valence-corrected chi connectivity index (χ1v) is 12.0. The van der Waals surface area contributed by atoms with Gasteiger partial charge >= 0.3 is 0 Å². The largest absolute Gasteiger partial charge is 0.305 e. The Kier molecular flexibility index (Phi) is 7.29. The number of tetrazole rings is 1. The smallest absolute Gasteiger partial charge is 0.204 e. The highest BCUT2D eigenvalue weighted by atomic mass is 32.2.